The number of nitrogens with zero attached hydrogens (tertiary/aromatic N) is 1. The molecule has 1 saturated carbocycles. The van der Waals surface area contributed by atoms with Gasteiger partial charge in [0.25, 0.3) is 5.91 Å². The average molecular weight is 259 g/mol. The molecule has 98 valence electrons. The second kappa shape index (κ2) is 4.38. The first-order valence-corrected chi connectivity index (χ1v) is 6.12. The van der Waals surface area contributed by atoms with Crippen LogP contribution in [0.3, 0.4) is 0 Å². The molecule has 0 spiro atoms. The lowest BCUT2D eigenvalue weighted by Crippen LogP contribution is -2.42. The fourth-order valence-corrected chi connectivity index (χ4v) is 2.12. The number of aromatic nitrogens is 2. The minimum atomic E-state index is -0.972. The van der Waals surface area contributed by atoms with Crippen LogP contribution in [0.2, 0.25) is 0 Å². The maximum atomic E-state index is 12.1. The fraction of sp³-hybridized carbons (Fsp3) is 0.308. The van der Waals surface area contributed by atoms with Gasteiger partial charge in [0.15, 0.2) is 0 Å². The SMILES string of the molecule is O=C(NC(C(=O)O)C1CC1)c1ccc2[nH]ncc2c1. The van der Waals surface area contributed by atoms with Crippen LogP contribution < -0.4 is 5.32 Å². The molecule has 6 heteroatoms. The molecule has 3 rings (SSSR count). The van der Waals surface area contributed by atoms with E-state index in [0.29, 0.717) is 5.56 Å². The van der Waals surface area contributed by atoms with Gasteiger partial charge in [0, 0.05) is 10.9 Å². The summed E-state index contributed by atoms with van der Waals surface area (Å²) in [6.07, 6.45) is 3.34. The number of rotatable bonds is 4. The van der Waals surface area contributed by atoms with Gasteiger partial charge in [0.2, 0.25) is 0 Å². The third kappa shape index (κ3) is 2.29. The van der Waals surface area contributed by atoms with Crippen LogP contribution >= 0.6 is 0 Å². The van der Waals surface area contributed by atoms with Gasteiger partial charge in [-0.1, -0.05) is 0 Å². The van der Waals surface area contributed by atoms with Gasteiger partial charge in [0.1, 0.15) is 6.04 Å². The fourth-order valence-electron chi connectivity index (χ4n) is 2.12. The number of aromatic amines is 1. The maximum absolute atomic E-state index is 12.1. The van der Waals surface area contributed by atoms with E-state index in [1.807, 2.05) is 0 Å². The molecule has 0 radical (unpaired) electrons. The molecule has 6 nitrogen and oxygen atoms in total. The Kier molecular flexibility index (Phi) is 2.70. The number of carboxylic acid groups (broad SMARTS) is 1. The van der Waals surface area contributed by atoms with E-state index in [2.05, 4.69) is 15.5 Å². The summed E-state index contributed by atoms with van der Waals surface area (Å²) in [7, 11) is 0. The number of hydrogen-bond acceptors (Lipinski definition) is 3. The number of benzene rings is 1. The highest BCUT2D eigenvalue weighted by atomic mass is 16.4. The zero-order valence-corrected chi connectivity index (χ0v) is 10.1. The molecule has 1 fully saturated rings. The zero-order chi connectivity index (χ0) is 13.4. The Labute approximate surface area is 108 Å². The Morgan fingerprint density at radius 1 is 1.42 bits per heavy atom. The Balaban J connectivity index is 1.80. The number of aliphatic carboxylic acids is 1. The molecule has 1 aromatic heterocycles. The summed E-state index contributed by atoms with van der Waals surface area (Å²) in [4.78, 5) is 23.1. The van der Waals surface area contributed by atoms with Crippen molar-refractivity contribution in [2.24, 2.45) is 5.92 Å². The van der Waals surface area contributed by atoms with Gasteiger partial charge in [-0.05, 0) is 37.0 Å². The van der Waals surface area contributed by atoms with Crippen molar-refractivity contribution in [2.75, 3.05) is 0 Å². The number of carbonyl (C=O) groups is 2. The van der Waals surface area contributed by atoms with Gasteiger partial charge in [-0.25, -0.2) is 4.79 Å². The molecular weight excluding hydrogens is 246 g/mol. The predicted octanol–water partition coefficient (Wildman–Crippen LogP) is 1.16. The smallest absolute Gasteiger partial charge is 0.326 e. The van der Waals surface area contributed by atoms with E-state index in [4.69, 9.17) is 5.11 Å². The first kappa shape index (κ1) is 11.7. The van der Waals surface area contributed by atoms with Gasteiger partial charge < -0.3 is 10.4 Å². The number of fused-ring (bicyclic) bond motifs is 1. The van der Waals surface area contributed by atoms with E-state index in [1.165, 1.54) is 0 Å². The number of amides is 1. The highest BCUT2D eigenvalue weighted by molar-refractivity contribution is 5.99. The summed E-state index contributed by atoms with van der Waals surface area (Å²) < 4.78 is 0. The molecular formula is C13H13N3O3. The molecule has 3 N–H and O–H groups in total. The highest BCUT2D eigenvalue weighted by Gasteiger charge is 2.37. The first-order chi connectivity index (χ1) is 9.15. The second-order valence-corrected chi connectivity index (χ2v) is 4.80. The molecule has 1 heterocycles. The van der Waals surface area contributed by atoms with Gasteiger partial charge >= 0.3 is 5.97 Å². The Morgan fingerprint density at radius 2 is 2.21 bits per heavy atom. The predicted molar refractivity (Wildman–Crippen MR) is 67.7 cm³/mol. The molecule has 1 amide bonds. The van der Waals surface area contributed by atoms with Crippen LogP contribution in [-0.2, 0) is 4.79 Å². The van der Waals surface area contributed by atoms with Crippen LogP contribution in [-0.4, -0.2) is 33.2 Å². The number of nitrogens with one attached hydrogen (secondary N) is 2. The summed E-state index contributed by atoms with van der Waals surface area (Å²) in [5, 5.41) is 19.2. The maximum Gasteiger partial charge on any atom is 0.326 e. The summed E-state index contributed by atoms with van der Waals surface area (Å²) >= 11 is 0. The van der Waals surface area contributed by atoms with E-state index in [0.717, 1.165) is 23.7 Å². The third-order valence-corrected chi connectivity index (χ3v) is 3.35. The lowest BCUT2D eigenvalue weighted by molar-refractivity contribution is -0.139. The van der Waals surface area contributed by atoms with Crippen LogP contribution in [0.25, 0.3) is 10.9 Å². The van der Waals surface area contributed by atoms with Crippen molar-refractivity contribution >= 4 is 22.8 Å². The number of hydrogen-bond donors (Lipinski definition) is 3. The molecule has 0 aliphatic heterocycles. The van der Waals surface area contributed by atoms with Gasteiger partial charge in [-0.15, -0.1) is 0 Å². The van der Waals surface area contributed by atoms with Crippen molar-refractivity contribution in [3.8, 4) is 0 Å². The lowest BCUT2D eigenvalue weighted by Gasteiger charge is -2.13. The first-order valence-electron chi connectivity index (χ1n) is 6.12. The molecule has 1 atom stereocenters. The lowest BCUT2D eigenvalue weighted by atomic mass is 10.1. The van der Waals surface area contributed by atoms with Gasteiger partial charge in [-0.2, -0.15) is 5.10 Å². The molecule has 1 aliphatic carbocycles. The van der Waals surface area contributed by atoms with Crippen LogP contribution in [0.5, 0.6) is 0 Å². The van der Waals surface area contributed by atoms with E-state index >= 15 is 0 Å². The third-order valence-electron chi connectivity index (χ3n) is 3.35. The molecule has 1 aromatic carbocycles. The number of carbonyl (C=O) groups excluding carboxylic acids is 1. The van der Waals surface area contributed by atoms with E-state index in [-0.39, 0.29) is 11.8 Å². The van der Waals surface area contributed by atoms with Crippen LogP contribution in [0.4, 0.5) is 0 Å². The second-order valence-electron chi connectivity index (χ2n) is 4.80. The number of carboxylic acids is 1. The minimum absolute atomic E-state index is 0.0686. The summed E-state index contributed by atoms with van der Waals surface area (Å²) in [6, 6.07) is 4.32. The molecule has 19 heavy (non-hydrogen) atoms. The quantitative estimate of drug-likeness (QED) is 0.767. The largest absolute Gasteiger partial charge is 0.480 e. The van der Waals surface area contributed by atoms with Crippen LogP contribution in [0, 0.1) is 5.92 Å². The van der Waals surface area contributed by atoms with Crippen molar-refractivity contribution in [2.45, 2.75) is 18.9 Å². The highest BCUT2D eigenvalue weighted by Crippen LogP contribution is 2.32. The van der Waals surface area contributed by atoms with E-state index in [9.17, 15) is 9.59 Å². The topological polar surface area (TPSA) is 95.1 Å². The standard InChI is InChI=1S/C13H13N3O3/c17-12(15-11(13(18)19)7-1-2-7)8-3-4-10-9(5-8)6-14-16-10/h3-7,11H,1-2H2,(H,14,16)(H,15,17)(H,18,19). The minimum Gasteiger partial charge on any atom is -0.480 e. The Bertz CT molecular complexity index is 645. The molecule has 0 bridgehead atoms. The van der Waals surface area contributed by atoms with Crippen LogP contribution in [0.15, 0.2) is 24.4 Å². The molecule has 1 unspecified atom stereocenters. The monoisotopic (exact) mass is 259 g/mol. The molecule has 2 aromatic rings. The van der Waals surface area contributed by atoms with Gasteiger partial charge in [0.05, 0.1) is 11.7 Å². The Morgan fingerprint density at radius 3 is 2.89 bits per heavy atom. The van der Waals surface area contributed by atoms with Crippen molar-refractivity contribution in [3.63, 3.8) is 0 Å². The zero-order valence-electron chi connectivity index (χ0n) is 10.1. The van der Waals surface area contributed by atoms with Gasteiger partial charge in [-0.3, -0.25) is 9.89 Å². The average Bonchev–Trinajstić information content (AvgIpc) is 3.11. The Hall–Kier alpha value is -2.37. The van der Waals surface area contributed by atoms with Crippen molar-refractivity contribution in [1.29, 1.82) is 0 Å². The summed E-state index contributed by atoms with van der Waals surface area (Å²) in [5.41, 5.74) is 1.29. The van der Waals surface area contributed by atoms with E-state index in [1.54, 1.807) is 24.4 Å². The normalized spacial score (nSPS) is 16.2. The number of H-pyrrole nitrogens is 1. The summed E-state index contributed by atoms with van der Waals surface area (Å²) in [5.74, 6) is -1.26. The van der Waals surface area contributed by atoms with Crippen LogP contribution in [0.1, 0.15) is 23.2 Å². The van der Waals surface area contributed by atoms with E-state index < -0.39 is 12.0 Å². The molecule has 0 saturated heterocycles. The molecule has 1 aliphatic rings. The van der Waals surface area contributed by atoms with Crippen molar-refractivity contribution in [1.82, 2.24) is 15.5 Å². The summed E-state index contributed by atoms with van der Waals surface area (Å²) in [6.45, 7) is 0. The van der Waals surface area contributed by atoms with Crippen molar-refractivity contribution in [3.05, 3.63) is 30.0 Å². The van der Waals surface area contributed by atoms with Crippen molar-refractivity contribution < 1.29 is 14.7 Å².